The van der Waals surface area contributed by atoms with Crippen molar-refractivity contribution >= 4 is 28.4 Å². The zero-order valence-corrected chi connectivity index (χ0v) is 19.8. The number of rotatable bonds is 5. The molecule has 2 aromatic heterocycles. The van der Waals surface area contributed by atoms with Crippen LogP contribution >= 0.6 is 0 Å². The normalized spacial score (nSPS) is 14.3. The van der Waals surface area contributed by atoms with Gasteiger partial charge in [0.1, 0.15) is 5.69 Å². The van der Waals surface area contributed by atoms with Crippen LogP contribution in [0.3, 0.4) is 0 Å². The van der Waals surface area contributed by atoms with Crippen LogP contribution in [0.2, 0.25) is 0 Å². The molecule has 0 bridgehead atoms. The number of piperidine rings is 1. The van der Waals surface area contributed by atoms with Gasteiger partial charge in [0.15, 0.2) is 5.82 Å². The number of benzene rings is 2. The maximum Gasteiger partial charge on any atom is 0.253 e. The summed E-state index contributed by atoms with van der Waals surface area (Å²) in [5, 5.41) is 15.6. The number of carbonyl (C=O) groups excluding carboxylic acids is 2. The first-order valence-electron chi connectivity index (χ1n) is 11.6. The van der Waals surface area contributed by atoms with Crippen molar-refractivity contribution in [1.82, 2.24) is 24.9 Å². The molecule has 2 aromatic carbocycles. The van der Waals surface area contributed by atoms with Gasteiger partial charge in [-0.25, -0.2) is 0 Å². The van der Waals surface area contributed by atoms with E-state index in [1.165, 1.54) is 0 Å². The number of amides is 2. The number of anilines is 1. The quantitative estimate of drug-likeness (QED) is 0.481. The monoisotopic (exact) mass is 469 g/mol. The molecule has 9 heteroatoms. The van der Waals surface area contributed by atoms with Gasteiger partial charge in [0, 0.05) is 61.3 Å². The Morgan fingerprint density at radius 2 is 1.60 bits per heavy atom. The minimum atomic E-state index is -0.506. The molecule has 9 nitrogen and oxygen atoms in total. The number of carbonyl (C=O) groups is 2. The van der Waals surface area contributed by atoms with Crippen molar-refractivity contribution in [3.05, 3.63) is 71.9 Å². The van der Waals surface area contributed by atoms with E-state index in [-0.39, 0.29) is 11.9 Å². The Bertz CT molecular complexity index is 1390. The zero-order valence-electron chi connectivity index (χ0n) is 19.8. The lowest BCUT2D eigenvalue weighted by atomic mass is 10.0. The van der Waals surface area contributed by atoms with Crippen LogP contribution in [0.4, 0.5) is 5.82 Å². The summed E-state index contributed by atoms with van der Waals surface area (Å²) in [6.45, 7) is 1.54. The molecular weight excluding hydrogens is 442 g/mol. The van der Waals surface area contributed by atoms with Crippen molar-refractivity contribution in [2.45, 2.75) is 18.9 Å². The van der Waals surface area contributed by atoms with Gasteiger partial charge in [0.05, 0.1) is 5.69 Å². The fourth-order valence-electron chi connectivity index (χ4n) is 4.73. The number of nitrogens with two attached hydrogens (primary N) is 1. The standard InChI is InChI=1S/C26H27N7O2/c1-31(26(35)18-9-7-17(8-10-18)24(27)34)19-12-15-33(16-13-19)25-21-6-4-3-5-20(21)23(29-30-25)22-11-14-28-32(22)2/h3-11,14,19H,12-13,15-16H2,1-2H3,(H2,27,34). The second kappa shape index (κ2) is 9.17. The molecule has 0 unspecified atom stereocenters. The predicted octanol–water partition coefficient (Wildman–Crippen LogP) is 2.87. The first-order valence-corrected chi connectivity index (χ1v) is 11.6. The van der Waals surface area contributed by atoms with E-state index in [0.717, 1.165) is 53.9 Å². The van der Waals surface area contributed by atoms with Gasteiger partial charge in [-0.3, -0.25) is 14.3 Å². The molecule has 0 saturated carbocycles. The zero-order chi connectivity index (χ0) is 24.5. The van der Waals surface area contributed by atoms with Crippen LogP contribution in [-0.4, -0.2) is 62.9 Å². The lowest BCUT2D eigenvalue weighted by molar-refractivity contribution is 0.0708. The van der Waals surface area contributed by atoms with Gasteiger partial charge in [0.2, 0.25) is 5.91 Å². The molecule has 0 atom stereocenters. The van der Waals surface area contributed by atoms with Gasteiger partial charge in [-0.1, -0.05) is 24.3 Å². The lowest BCUT2D eigenvalue weighted by Gasteiger charge is -2.37. The molecule has 0 spiro atoms. The molecule has 0 aliphatic carbocycles. The number of nitrogens with zero attached hydrogens (tertiary/aromatic N) is 6. The highest BCUT2D eigenvalue weighted by atomic mass is 16.2. The molecule has 3 heterocycles. The average Bonchev–Trinajstić information content (AvgIpc) is 3.32. The molecule has 0 radical (unpaired) electrons. The molecule has 5 rings (SSSR count). The fraction of sp³-hybridized carbons (Fsp3) is 0.269. The van der Waals surface area contributed by atoms with Gasteiger partial charge in [0.25, 0.3) is 5.91 Å². The third kappa shape index (κ3) is 4.21. The second-order valence-electron chi connectivity index (χ2n) is 8.83. The Kier molecular flexibility index (Phi) is 5.90. The van der Waals surface area contributed by atoms with Crippen LogP contribution in [0, 0.1) is 0 Å². The van der Waals surface area contributed by atoms with Gasteiger partial charge < -0.3 is 15.5 Å². The molecular formula is C26H27N7O2. The summed E-state index contributed by atoms with van der Waals surface area (Å²) in [5.74, 6) is 0.292. The number of aromatic nitrogens is 4. The van der Waals surface area contributed by atoms with Crippen molar-refractivity contribution in [3.63, 3.8) is 0 Å². The summed E-state index contributed by atoms with van der Waals surface area (Å²) in [5.41, 5.74) is 7.96. The molecule has 35 heavy (non-hydrogen) atoms. The highest BCUT2D eigenvalue weighted by molar-refractivity contribution is 6.00. The van der Waals surface area contributed by atoms with E-state index >= 15 is 0 Å². The van der Waals surface area contributed by atoms with Crippen molar-refractivity contribution in [1.29, 1.82) is 0 Å². The highest BCUT2D eigenvalue weighted by Gasteiger charge is 2.28. The minimum absolute atomic E-state index is 0.0646. The van der Waals surface area contributed by atoms with E-state index in [2.05, 4.69) is 32.3 Å². The number of hydrogen-bond acceptors (Lipinski definition) is 6. The van der Waals surface area contributed by atoms with Crippen molar-refractivity contribution < 1.29 is 9.59 Å². The largest absolute Gasteiger partial charge is 0.366 e. The van der Waals surface area contributed by atoms with Crippen molar-refractivity contribution in [2.24, 2.45) is 12.8 Å². The topological polar surface area (TPSA) is 110 Å². The molecule has 4 aromatic rings. The predicted molar refractivity (Wildman–Crippen MR) is 134 cm³/mol. The molecule has 2 N–H and O–H groups in total. The van der Waals surface area contributed by atoms with E-state index in [1.54, 1.807) is 40.0 Å². The summed E-state index contributed by atoms with van der Waals surface area (Å²) in [4.78, 5) is 28.3. The summed E-state index contributed by atoms with van der Waals surface area (Å²) >= 11 is 0. The molecule has 1 saturated heterocycles. The van der Waals surface area contributed by atoms with Crippen LogP contribution in [0.15, 0.2) is 60.8 Å². The smallest absolute Gasteiger partial charge is 0.253 e. The maximum absolute atomic E-state index is 13.0. The Morgan fingerprint density at radius 3 is 2.23 bits per heavy atom. The van der Waals surface area contributed by atoms with Crippen molar-refractivity contribution in [3.8, 4) is 11.4 Å². The molecule has 1 aliphatic rings. The molecule has 178 valence electrons. The summed E-state index contributed by atoms with van der Waals surface area (Å²) < 4.78 is 1.80. The van der Waals surface area contributed by atoms with Gasteiger partial charge in [-0.05, 0) is 43.2 Å². The minimum Gasteiger partial charge on any atom is -0.366 e. The number of fused-ring (bicyclic) bond motifs is 1. The van der Waals surface area contributed by atoms with E-state index in [9.17, 15) is 9.59 Å². The van der Waals surface area contributed by atoms with Gasteiger partial charge in [-0.2, -0.15) is 5.10 Å². The molecule has 1 fully saturated rings. The Labute approximate surface area is 203 Å². The first-order chi connectivity index (χ1) is 16.9. The second-order valence-corrected chi connectivity index (χ2v) is 8.83. The highest BCUT2D eigenvalue weighted by Crippen LogP contribution is 2.32. The molecule has 1 aliphatic heterocycles. The molecule has 2 amide bonds. The van der Waals surface area contributed by atoms with E-state index in [1.807, 2.05) is 32.3 Å². The maximum atomic E-state index is 13.0. The third-order valence-corrected chi connectivity index (χ3v) is 6.78. The fourth-order valence-corrected chi connectivity index (χ4v) is 4.73. The van der Waals surface area contributed by atoms with Gasteiger partial charge in [-0.15, -0.1) is 10.2 Å². The summed E-state index contributed by atoms with van der Waals surface area (Å²) in [6, 6.07) is 16.7. The van der Waals surface area contributed by atoms with E-state index in [4.69, 9.17) is 5.73 Å². The third-order valence-electron chi connectivity index (χ3n) is 6.78. The summed E-state index contributed by atoms with van der Waals surface area (Å²) in [7, 11) is 3.73. The number of primary amides is 1. The van der Waals surface area contributed by atoms with Crippen LogP contribution < -0.4 is 10.6 Å². The average molecular weight is 470 g/mol. The SMILES string of the molecule is CN(C(=O)c1ccc(C(N)=O)cc1)C1CCN(c2nnc(-c3ccnn3C)c3ccccc23)CC1. The van der Waals surface area contributed by atoms with Gasteiger partial charge >= 0.3 is 0 Å². The van der Waals surface area contributed by atoms with Crippen LogP contribution in [0.1, 0.15) is 33.6 Å². The first kappa shape index (κ1) is 22.5. The Hall–Kier alpha value is -4.27. The lowest BCUT2D eigenvalue weighted by Crippen LogP contribution is -2.46. The number of aryl methyl sites for hydroxylation is 1. The van der Waals surface area contributed by atoms with Crippen molar-refractivity contribution in [2.75, 3.05) is 25.0 Å². The van der Waals surface area contributed by atoms with Crippen LogP contribution in [0.5, 0.6) is 0 Å². The number of hydrogen-bond donors (Lipinski definition) is 1. The van der Waals surface area contributed by atoms with Crippen LogP contribution in [-0.2, 0) is 7.05 Å². The summed E-state index contributed by atoms with van der Waals surface area (Å²) in [6.07, 6.45) is 3.40. The van der Waals surface area contributed by atoms with Crippen LogP contribution in [0.25, 0.3) is 22.2 Å². The van der Waals surface area contributed by atoms with E-state index < -0.39 is 5.91 Å². The Morgan fingerprint density at radius 1 is 0.943 bits per heavy atom. The Balaban J connectivity index is 1.32. The van der Waals surface area contributed by atoms with E-state index in [0.29, 0.717) is 11.1 Å².